The molecule has 8 heteroatoms. The Labute approximate surface area is 165 Å². The molecule has 0 saturated carbocycles. The molecule has 1 aromatic heterocycles. The zero-order chi connectivity index (χ0) is 19.8. The number of benzene rings is 1. The summed E-state index contributed by atoms with van der Waals surface area (Å²) in [7, 11) is -3.71. The first-order chi connectivity index (χ1) is 12.6. The van der Waals surface area contributed by atoms with Crippen molar-refractivity contribution in [2.75, 3.05) is 19.6 Å². The Morgan fingerprint density at radius 2 is 1.93 bits per heavy atom. The van der Waals surface area contributed by atoms with E-state index in [-0.39, 0.29) is 22.6 Å². The molecule has 0 amide bonds. The van der Waals surface area contributed by atoms with E-state index >= 15 is 0 Å². The maximum atomic E-state index is 13.0. The summed E-state index contributed by atoms with van der Waals surface area (Å²) in [6.45, 7) is 9.99. The predicted octanol–water partition coefficient (Wildman–Crippen LogP) is 3.05. The standard InChI is InChI=1S/C19H26ClN3O3S/c1-13-10-23(11-14(2)26-13)19(3,4)12-22-27(24,25)17-8-7-16(20)18-15(17)6-5-9-21-18/h5-9,13-14,22H,10-12H2,1-4H3. The maximum absolute atomic E-state index is 13.0. The van der Waals surface area contributed by atoms with Gasteiger partial charge in [0.25, 0.3) is 0 Å². The molecule has 1 N–H and O–H groups in total. The molecule has 2 unspecified atom stereocenters. The van der Waals surface area contributed by atoms with Crippen LogP contribution in [0.1, 0.15) is 27.7 Å². The number of rotatable bonds is 5. The summed E-state index contributed by atoms with van der Waals surface area (Å²) in [4.78, 5) is 6.67. The van der Waals surface area contributed by atoms with Gasteiger partial charge < -0.3 is 4.74 Å². The second-order valence-electron chi connectivity index (χ2n) is 7.74. The van der Waals surface area contributed by atoms with Gasteiger partial charge in [-0.25, -0.2) is 13.1 Å². The fraction of sp³-hybridized carbons (Fsp3) is 0.526. The van der Waals surface area contributed by atoms with Crippen molar-refractivity contribution in [1.82, 2.24) is 14.6 Å². The highest BCUT2D eigenvalue weighted by Crippen LogP contribution is 2.28. The van der Waals surface area contributed by atoms with Gasteiger partial charge >= 0.3 is 0 Å². The number of ether oxygens (including phenoxy) is 1. The molecule has 2 aromatic rings. The van der Waals surface area contributed by atoms with E-state index in [0.717, 1.165) is 13.1 Å². The van der Waals surface area contributed by atoms with Gasteiger partial charge in [0.1, 0.15) is 0 Å². The first kappa shape index (κ1) is 20.5. The molecule has 0 radical (unpaired) electrons. The fourth-order valence-electron chi connectivity index (χ4n) is 3.48. The molecule has 0 aliphatic carbocycles. The third-order valence-corrected chi connectivity index (χ3v) is 6.70. The van der Waals surface area contributed by atoms with E-state index in [1.807, 2.05) is 27.7 Å². The van der Waals surface area contributed by atoms with Gasteiger partial charge in [-0.3, -0.25) is 9.88 Å². The first-order valence-corrected chi connectivity index (χ1v) is 10.9. The highest BCUT2D eigenvalue weighted by molar-refractivity contribution is 7.89. The number of halogens is 1. The molecule has 2 heterocycles. The molecule has 0 spiro atoms. The Hall–Kier alpha value is -1.25. The quantitative estimate of drug-likeness (QED) is 0.818. The zero-order valence-corrected chi connectivity index (χ0v) is 17.6. The minimum absolute atomic E-state index is 0.121. The van der Waals surface area contributed by atoms with Gasteiger partial charge in [-0.1, -0.05) is 11.6 Å². The molecule has 6 nitrogen and oxygen atoms in total. The number of aromatic nitrogens is 1. The summed E-state index contributed by atoms with van der Waals surface area (Å²) in [6, 6.07) is 6.53. The van der Waals surface area contributed by atoms with Crippen molar-refractivity contribution in [2.24, 2.45) is 0 Å². The third-order valence-electron chi connectivity index (χ3n) is 4.94. The normalized spacial score (nSPS) is 22.3. The minimum atomic E-state index is -3.71. The van der Waals surface area contributed by atoms with Gasteiger partial charge in [0.15, 0.2) is 0 Å². The van der Waals surface area contributed by atoms with Crippen LogP contribution in [0.25, 0.3) is 10.9 Å². The Morgan fingerprint density at radius 1 is 1.26 bits per heavy atom. The number of nitrogens with one attached hydrogen (secondary N) is 1. The lowest BCUT2D eigenvalue weighted by Gasteiger charge is -2.45. The summed E-state index contributed by atoms with van der Waals surface area (Å²) in [5, 5.41) is 0.949. The Morgan fingerprint density at radius 3 is 2.59 bits per heavy atom. The summed E-state index contributed by atoms with van der Waals surface area (Å²) in [5.74, 6) is 0. The van der Waals surface area contributed by atoms with Crippen LogP contribution in [0.4, 0.5) is 0 Å². The van der Waals surface area contributed by atoms with Crippen LogP contribution in [0.5, 0.6) is 0 Å². The van der Waals surface area contributed by atoms with Crippen molar-refractivity contribution in [3.05, 3.63) is 35.5 Å². The number of hydrogen-bond acceptors (Lipinski definition) is 5. The average Bonchev–Trinajstić information content (AvgIpc) is 2.60. The third kappa shape index (κ3) is 4.43. The van der Waals surface area contributed by atoms with E-state index in [1.165, 1.54) is 6.07 Å². The Balaban J connectivity index is 1.82. The van der Waals surface area contributed by atoms with Crippen LogP contribution in [0.2, 0.25) is 5.02 Å². The summed E-state index contributed by atoms with van der Waals surface area (Å²) in [6.07, 6.45) is 1.84. The molecule has 1 fully saturated rings. The Bertz CT molecular complexity index is 923. The van der Waals surface area contributed by atoms with Crippen LogP contribution in [-0.2, 0) is 14.8 Å². The van der Waals surface area contributed by atoms with E-state index < -0.39 is 10.0 Å². The van der Waals surface area contributed by atoms with Gasteiger partial charge in [0.05, 0.1) is 27.6 Å². The molecule has 3 rings (SSSR count). The SMILES string of the molecule is CC1CN(C(C)(C)CNS(=O)(=O)c2ccc(Cl)c3ncccc23)CC(C)O1. The summed E-state index contributed by atoms with van der Waals surface area (Å²) < 4.78 is 34.5. The second-order valence-corrected chi connectivity index (χ2v) is 9.89. The van der Waals surface area contributed by atoms with Gasteiger partial charge in [0, 0.05) is 36.8 Å². The van der Waals surface area contributed by atoms with Crippen LogP contribution in [-0.4, -0.2) is 55.7 Å². The van der Waals surface area contributed by atoms with Crippen molar-refractivity contribution in [3.63, 3.8) is 0 Å². The highest BCUT2D eigenvalue weighted by atomic mass is 35.5. The van der Waals surface area contributed by atoms with Crippen molar-refractivity contribution in [1.29, 1.82) is 0 Å². The van der Waals surface area contributed by atoms with Gasteiger partial charge in [0.2, 0.25) is 10.0 Å². The lowest BCUT2D eigenvalue weighted by atomic mass is 10.0. The highest BCUT2D eigenvalue weighted by Gasteiger charge is 2.34. The second kappa shape index (κ2) is 7.64. The lowest BCUT2D eigenvalue weighted by molar-refractivity contribution is -0.0945. The molecule has 1 saturated heterocycles. The average molecular weight is 412 g/mol. The molecule has 1 aromatic carbocycles. The van der Waals surface area contributed by atoms with Crippen LogP contribution < -0.4 is 4.72 Å². The van der Waals surface area contributed by atoms with Crippen LogP contribution >= 0.6 is 11.6 Å². The molecule has 27 heavy (non-hydrogen) atoms. The number of hydrogen-bond donors (Lipinski definition) is 1. The first-order valence-electron chi connectivity index (χ1n) is 9.03. The number of pyridine rings is 1. The van der Waals surface area contributed by atoms with E-state index in [1.54, 1.807) is 24.4 Å². The molecule has 0 bridgehead atoms. The number of fused-ring (bicyclic) bond motifs is 1. The minimum Gasteiger partial charge on any atom is -0.373 e. The summed E-state index contributed by atoms with van der Waals surface area (Å²) >= 11 is 6.16. The zero-order valence-electron chi connectivity index (χ0n) is 16.1. The van der Waals surface area contributed by atoms with Crippen molar-refractivity contribution >= 4 is 32.5 Å². The number of nitrogens with zero attached hydrogens (tertiary/aromatic N) is 2. The molecule has 1 aliphatic rings. The van der Waals surface area contributed by atoms with E-state index in [9.17, 15) is 8.42 Å². The van der Waals surface area contributed by atoms with E-state index in [4.69, 9.17) is 16.3 Å². The maximum Gasteiger partial charge on any atom is 0.241 e. The van der Waals surface area contributed by atoms with E-state index in [0.29, 0.717) is 22.5 Å². The van der Waals surface area contributed by atoms with Crippen molar-refractivity contribution in [2.45, 2.75) is 50.3 Å². The van der Waals surface area contributed by atoms with Gasteiger partial charge in [-0.05, 0) is 52.0 Å². The molecule has 148 valence electrons. The van der Waals surface area contributed by atoms with Gasteiger partial charge in [-0.2, -0.15) is 0 Å². The molecular weight excluding hydrogens is 386 g/mol. The van der Waals surface area contributed by atoms with Crippen molar-refractivity contribution in [3.8, 4) is 0 Å². The number of morpholine rings is 1. The Kier molecular flexibility index (Phi) is 5.80. The number of sulfonamides is 1. The predicted molar refractivity (Wildman–Crippen MR) is 108 cm³/mol. The smallest absolute Gasteiger partial charge is 0.241 e. The van der Waals surface area contributed by atoms with Crippen molar-refractivity contribution < 1.29 is 13.2 Å². The van der Waals surface area contributed by atoms with Crippen LogP contribution in [0.15, 0.2) is 35.4 Å². The monoisotopic (exact) mass is 411 g/mol. The largest absolute Gasteiger partial charge is 0.373 e. The fourth-order valence-corrected chi connectivity index (χ4v) is 5.09. The van der Waals surface area contributed by atoms with E-state index in [2.05, 4.69) is 14.6 Å². The molecule has 1 aliphatic heterocycles. The molecule has 2 atom stereocenters. The van der Waals surface area contributed by atoms with Crippen LogP contribution in [0.3, 0.4) is 0 Å². The van der Waals surface area contributed by atoms with Crippen LogP contribution in [0, 0.1) is 0 Å². The lowest BCUT2D eigenvalue weighted by Crippen LogP contribution is -2.58. The van der Waals surface area contributed by atoms with Gasteiger partial charge in [-0.15, -0.1) is 0 Å². The summed E-state index contributed by atoms with van der Waals surface area (Å²) in [5.41, 5.74) is 0.136. The topological polar surface area (TPSA) is 71.5 Å². The molecular formula is C19H26ClN3O3S.